The van der Waals surface area contributed by atoms with E-state index in [0.29, 0.717) is 11.4 Å². The van der Waals surface area contributed by atoms with E-state index in [4.69, 9.17) is 14.6 Å². The second kappa shape index (κ2) is 7.58. The Morgan fingerprint density at radius 1 is 1.23 bits per heavy atom. The number of hydrogen-bond acceptors (Lipinski definition) is 6. The highest BCUT2D eigenvalue weighted by atomic mass is 16.5. The zero-order valence-corrected chi connectivity index (χ0v) is 12.2. The molecule has 1 heterocycles. The molecule has 0 fully saturated rings. The Morgan fingerprint density at radius 2 is 2.00 bits per heavy atom. The maximum atomic E-state index is 12.2. The largest absolute Gasteiger partial charge is 0.489 e. The summed E-state index contributed by atoms with van der Waals surface area (Å²) >= 11 is 0. The first kappa shape index (κ1) is 16.0. The number of aliphatic hydroxyl groups is 1. The average Bonchev–Trinajstić information content (AvgIpc) is 2.78. The predicted octanol–water partition coefficient (Wildman–Crippen LogP) is 0.369. The van der Waals surface area contributed by atoms with Crippen LogP contribution in [0.15, 0.2) is 36.0 Å². The number of imide groups is 1. The second-order valence-electron chi connectivity index (χ2n) is 4.54. The Kier molecular flexibility index (Phi) is 5.51. The number of carbonyl (C=O) groups excluding carboxylic acids is 2. The lowest BCUT2D eigenvalue weighted by Crippen LogP contribution is -2.34. The molecule has 22 heavy (non-hydrogen) atoms. The highest BCUT2D eigenvalue weighted by Gasteiger charge is 2.31. The van der Waals surface area contributed by atoms with Crippen LogP contribution in [0.3, 0.4) is 0 Å². The van der Waals surface area contributed by atoms with Gasteiger partial charge in [0.25, 0.3) is 11.8 Å². The van der Waals surface area contributed by atoms with E-state index in [-0.39, 0.29) is 38.0 Å². The van der Waals surface area contributed by atoms with E-state index < -0.39 is 5.91 Å². The number of hydrogen-bond donors (Lipinski definition) is 2. The first-order chi connectivity index (χ1) is 10.7. The van der Waals surface area contributed by atoms with Crippen molar-refractivity contribution in [3.05, 3.63) is 36.0 Å². The molecule has 0 aromatic heterocycles. The van der Waals surface area contributed by atoms with E-state index >= 15 is 0 Å². The Labute approximate surface area is 128 Å². The first-order valence-electron chi connectivity index (χ1n) is 6.83. The number of amides is 2. The first-order valence-corrected chi connectivity index (χ1v) is 6.83. The highest BCUT2D eigenvalue weighted by Crippen LogP contribution is 2.26. The average molecular weight is 306 g/mol. The quantitative estimate of drug-likeness (QED) is 0.675. The van der Waals surface area contributed by atoms with Gasteiger partial charge in [-0.2, -0.15) is 0 Å². The van der Waals surface area contributed by atoms with Crippen molar-refractivity contribution < 1.29 is 24.2 Å². The van der Waals surface area contributed by atoms with Gasteiger partial charge in [0.15, 0.2) is 0 Å². The van der Waals surface area contributed by atoms with Gasteiger partial charge >= 0.3 is 0 Å². The maximum absolute atomic E-state index is 12.2. The van der Waals surface area contributed by atoms with Crippen LogP contribution in [0.1, 0.15) is 0 Å². The van der Waals surface area contributed by atoms with Crippen LogP contribution < -0.4 is 10.1 Å². The van der Waals surface area contributed by atoms with Crippen LogP contribution in [0.2, 0.25) is 0 Å². The summed E-state index contributed by atoms with van der Waals surface area (Å²) < 4.78 is 10.3. The van der Waals surface area contributed by atoms with Gasteiger partial charge in [0, 0.05) is 13.2 Å². The van der Waals surface area contributed by atoms with Gasteiger partial charge in [-0.3, -0.25) is 14.5 Å². The number of anilines is 1. The van der Waals surface area contributed by atoms with Crippen molar-refractivity contribution in [2.24, 2.45) is 0 Å². The number of para-hydroxylation sites is 2. The van der Waals surface area contributed by atoms with Gasteiger partial charge in [0.2, 0.25) is 0 Å². The Morgan fingerprint density at radius 3 is 2.73 bits per heavy atom. The van der Waals surface area contributed by atoms with E-state index in [9.17, 15) is 9.59 Å². The molecular weight excluding hydrogens is 288 g/mol. The van der Waals surface area contributed by atoms with Crippen molar-refractivity contribution >= 4 is 17.5 Å². The third-order valence-corrected chi connectivity index (χ3v) is 3.03. The van der Waals surface area contributed by atoms with Gasteiger partial charge in [-0.1, -0.05) is 12.1 Å². The minimum atomic E-state index is -0.404. The van der Waals surface area contributed by atoms with Crippen LogP contribution in [-0.4, -0.2) is 55.3 Å². The number of carbonyl (C=O) groups is 2. The zero-order valence-electron chi connectivity index (χ0n) is 12.2. The minimum absolute atomic E-state index is 0.112. The van der Waals surface area contributed by atoms with E-state index in [1.807, 2.05) is 0 Å². The Hall–Kier alpha value is -2.38. The van der Waals surface area contributed by atoms with Crippen LogP contribution in [0.4, 0.5) is 5.69 Å². The summed E-state index contributed by atoms with van der Waals surface area (Å²) in [6.07, 6.45) is 1.25. The topological polar surface area (TPSA) is 88.1 Å². The van der Waals surface area contributed by atoms with Crippen molar-refractivity contribution in [2.75, 3.05) is 38.8 Å². The van der Waals surface area contributed by atoms with Crippen molar-refractivity contribution in [1.82, 2.24) is 4.90 Å². The fourth-order valence-electron chi connectivity index (χ4n) is 1.99. The summed E-state index contributed by atoms with van der Waals surface area (Å²) in [5, 5.41) is 11.7. The van der Waals surface area contributed by atoms with Gasteiger partial charge in [0.05, 0.1) is 25.4 Å². The normalized spacial score (nSPS) is 14.3. The third-order valence-electron chi connectivity index (χ3n) is 3.03. The number of aliphatic hydroxyl groups excluding tert-OH is 1. The number of benzene rings is 1. The molecule has 7 heteroatoms. The lowest BCUT2D eigenvalue weighted by atomic mass is 10.2. The fraction of sp³-hybridized carbons (Fsp3) is 0.333. The molecule has 2 amide bonds. The summed E-state index contributed by atoms with van der Waals surface area (Å²) in [5.41, 5.74) is 0.734. The number of nitrogens with one attached hydrogen (secondary N) is 1. The number of ether oxygens (including phenoxy) is 2. The van der Waals surface area contributed by atoms with Gasteiger partial charge in [-0.25, -0.2) is 0 Å². The molecule has 1 aliphatic rings. The number of rotatable bonds is 8. The van der Waals surface area contributed by atoms with E-state index in [1.165, 1.54) is 13.2 Å². The van der Waals surface area contributed by atoms with Crippen molar-refractivity contribution in [2.45, 2.75) is 0 Å². The van der Waals surface area contributed by atoms with Crippen LogP contribution >= 0.6 is 0 Å². The molecule has 2 N–H and O–H groups in total. The maximum Gasteiger partial charge on any atom is 0.277 e. The Bertz CT molecular complexity index is 585. The van der Waals surface area contributed by atoms with Crippen molar-refractivity contribution in [3.63, 3.8) is 0 Å². The fourth-order valence-corrected chi connectivity index (χ4v) is 1.99. The molecule has 0 atom stereocenters. The summed E-state index contributed by atoms with van der Waals surface area (Å²) in [4.78, 5) is 25.1. The number of methoxy groups -OCH3 is 1. The third kappa shape index (κ3) is 3.63. The summed E-state index contributed by atoms with van der Waals surface area (Å²) in [6, 6.07) is 6.99. The van der Waals surface area contributed by atoms with Crippen LogP contribution in [0.25, 0.3) is 0 Å². The molecule has 2 rings (SSSR count). The Balaban J connectivity index is 2.10. The summed E-state index contributed by atoms with van der Waals surface area (Å²) in [7, 11) is 1.51. The molecule has 0 saturated carbocycles. The molecular formula is C15H18N2O5. The molecule has 0 saturated heterocycles. The summed E-state index contributed by atoms with van der Waals surface area (Å²) in [5.74, 6) is -0.287. The van der Waals surface area contributed by atoms with Crippen LogP contribution in [0, 0.1) is 0 Å². The van der Waals surface area contributed by atoms with Gasteiger partial charge in [-0.05, 0) is 12.1 Å². The molecule has 118 valence electrons. The standard InChI is InChI=1S/C15H18N2O5/c1-21-8-6-17-14(19)10-12(15(17)20)16-11-4-2-3-5-13(11)22-9-7-18/h2-5,10,16,18H,6-9H2,1H3. The second-order valence-corrected chi connectivity index (χ2v) is 4.54. The lowest BCUT2D eigenvalue weighted by molar-refractivity contribution is -0.137. The predicted molar refractivity (Wildman–Crippen MR) is 79.3 cm³/mol. The molecule has 7 nitrogen and oxygen atoms in total. The molecule has 1 aromatic carbocycles. The van der Waals surface area contributed by atoms with Gasteiger partial charge < -0.3 is 19.9 Å². The SMILES string of the molecule is COCCN1C(=O)C=C(Nc2ccccc2OCCO)C1=O. The van der Waals surface area contributed by atoms with Crippen LogP contribution in [0.5, 0.6) is 5.75 Å². The van der Waals surface area contributed by atoms with E-state index in [0.717, 1.165) is 4.90 Å². The minimum Gasteiger partial charge on any atom is -0.489 e. The van der Waals surface area contributed by atoms with Crippen molar-refractivity contribution in [1.29, 1.82) is 0 Å². The molecule has 0 aliphatic carbocycles. The van der Waals surface area contributed by atoms with Gasteiger partial charge in [-0.15, -0.1) is 0 Å². The molecule has 1 aliphatic heterocycles. The van der Waals surface area contributed by atoms with Gasteiger partial charge in [0.1, 0.15) is 18.1 Å². The smallest absolute Gasteiger partial charge is 0.277 e. The zero-order chi connectivity index (χ0) is 15.9. The van der Waals surface area contributed by atoms with E-state index in [1.54, 1.807) is 24.3 Å². The molecule has 0 bridgehead atoms. The molecule has 0 radical (unpaired) electrons. The number of nitrogens with zero attached hydrogens (tertiary/aromatic N) is 1. The molecule has 0 unspecified atom stereocenters. The molecule has 1 aromatic rings. The molecule has 0 spiro atoms. The van der Waals surface area contributed by atoms with Crippen molar-refractivity contribution in [3.8, 4) is 5.75 Å². The highest BCUT2D eigenvalue weighted by molar-refractivity contribution is 6.17. The lowest BCUT2D eigenvalue weighted by Gasteiger charge is -2.15. The monoisotopic (exact) mass is 306 g/mol. The van der Waals surface area contributed by atoms with Crippen LogP contribution in [-0.2, 0) is 14.3 Å². The summed E-state index contributed by atoms with van der Waals surface area (Å²) in [6.45, 7) is 0.525. The van der Waals surface area contributed by atoms with E-state index in [2.05, 4.69) is 5.32 Å².